The maximum Gasteiger partial charge on any atom is 0.346 e. The van der Waals surface area contributed by atoms with Crippen LogP contribution >= 0.6 is 0 Å². The highest BCUT2D eigenvalue weighted by Gasteiger charge is 2.03. The molecule has 0 bridgehead atoms. The SMILES string of the molecule is [CH+]=C(O)c1ccccc1. The fraction of sp³-hybridized carbons (Fsp3) is 0. The molecule has 0 radical (unpaired) electrons. The molecule has 0 saturated carbocycles. The molecule has 0 spiro atoms. The molecule has 1 aromatic rings. The largest absolute Gasteiger partial charge is 0.470 e. The van der Waals surface area contributed by atoms with Crippen molar-refractivity contribution in [2.24, 2.45) is 0 Å². The predicted molar refractivity (Wildman–Crippen MR) is 36.8 cm³/mol. The van der Waals surface area contributed by atoms with E-state index in [1.165, 1.54) is 0 Å². The third-order valence-corrected chi connectivity index (χ3v) is 1.07. The van der Waals surface area contributed by atoms with Gasteiger partial charge in [-0.15, -0.1) is 0 Å². The lowest BCUT2D eigenvalue weighted by Gasteiger charge is -1.82. The van der Waals surface area contributed by atoms with Crippen molar-refractivity contribution < 1.29 is 5.11 Å². The summed E-state index contributed by atoms with van der Waals surface area (Å²) in [5.41, 5.74) is 0.664. The van der Waals surface area contributed by atoms with Crippen molar-refractivity contribution in [1.29, 1.82) is 0 Å². The van der Waals surface area contributed by atoms with Crippen LogP contribution in [0.2, 0.25) is 0 Å². The molecule has 0 aliphatic heterocycles. The highest BCUT2D eigenvalue weighted by atomic mass is 16.3. The van der Waals surface area contributed by atoms with Gasteiger partial charge in [-0.3, -0.25) is 0 Å². The molecule has 0 heterocycles. The first kappa shape index (κ1) is 5.80. The molecule has 0 unspecified atom stereocenters. The van der Waals surface area contributed by atoms with Gasteiger partial charge in [0.1, 0.15) is 0 Å². The van der Waals surface area contributed by atoms with Crippen LogP contribution in [0.5, 0.6) is 0 Å². The number of hydrogen-bond donors (Lipinski definition) is 1. The van der Waals surface area contributed by atoms with Gasteiger partial charge in [-0.05, 0) is 12.1 Å². The third-order valence-electron chi connectivity index (χ3n) is 1.07. The highest BCUT2D eigenvalue weighted by Crippen LogP contribution is 2.05. The minimum absolute atomic E-state index is 0.129. The Morgan fingerprint density at radius 2 is 1.78 bits per heavy atom. The number of benzene rings is 1. The van der Waals surface area contributed by atoms with Gasteiger partial charge in [-0.2, -0.15) is 0 Å². The van der Waals surface area contributed by atoms with E-state index in [-0.39, 0.29) is 5.76 Å². The molecule has 0 aromatic heterocycles. The first-order valence-corrected chi connectivity index (χ1v) is 2.67. The fourth-order valence-corrected chi connectivity index (χ4v) is 0.609. The van der Waals surface area contributed by atoms with Gasteiger partial charge in [-0.25, -0.2) is 0 Å². The zero-order chi connectivity index (χ0) is 6.69. The molecule has 0 aliphatic rings. The molecular weight excluding hydrogens is 112 g/mol. The molecule has 1 nitrogen and oxygen atoms in total. The maximum atomic E-state index is 8.72. The van der Waals surface area contributed by atoms with Gasteiger partial charge in [0, 0.05) is 12.1 Å². The van der Waals surface area contributed by atoms with Gasteiger partial charge in [0.2, 0.25) is 0 Å². The lowest BCUT2D eigenvalue weighted by molar-refractivity contribution is 0.512. The van der Waals surface area contributed by atoms with Gasteiger partial charge in [-0.1, -0.05) is 6.07 Å². The zero-order valence-electron chi connectivity index (χ0n) is 4.91. The van der Waals surface area contributed by atoms with Crippen molar-refractivity contribution >= 4 is 5.76 Å². The minimum Gasteiger partial charge on any atom is -0.470 e. The van der Waals surface area contributed by atoms with Crippen molar-refractivity contribution in [3.63, 3.8) is 0 Å². The Labute approximate surface area is 54.3 Å². The Balaban J connectivity index is 2.98. The topological polar surface area (TPSA) is 20.2 Å². The van der Waals surface area contributed by atoms with Gasteiger partial charge in [0.25, 0.3) is 0 Å². The summed E-state index contributed by atoms with van der Waals surface area (Å²) in [4.78, 5) is 0. The van der Waals surface area contributed by atoms with Crippen molar-refractivity contribution in [3.8, 4) is 0 Å². The highest BCUT2D eigenvalue weighted by molar-refractivity contribution is 5.53. The third kappa shape index (κ3) is 1.28. The summed E-state index contributed by atoms with van der Waals surface area (Å²) in [6, 6.07) is 8.99. The average molecular weight is 119 g/mol. The monoisotopic (exact) mass is 119 g/mol. The summed E-state index contributed by atoms with van der Waals surface area (Å²) in [7, 11) is 0. The zero-order valence-corrected chi connectivity index (χ0v) is 4.91. The van der Waals surface area contributed by atoms with Crippen LogP contribution in [0.25, 0.3) is 5.76 Å². The smallest absolute Gasteiger partial charge is 0.346 e. The first-order chi connectivity index (χ1) is 4.30. The van der Waals surface area contributed by atoms with E-state index in [1.54, 1.807) is 12.1 Å². The van der Waals surface area contributed by atoms with Crippen LogP contribution in [-0.2, 0) is 0 Å². The number of hydrogen-bond acceptors (Lipinski definition) is 1. The normalized spacial score (nSPS) is 8.78. The quantitative estimate of drug-likeness (QED) is 0.443. The molecule has 0 aliphatic carbocycles. The van der Waals surface area contributed by atoms with Crippen LogP contribution in [0.1, 0.15) is 5.56 Å². The van der Waals surface area contributed by atoms with E-state index in [1.807, 2.05) is 18.2 Å². The molecule has 0 atom stereocenters. The van der Waals surface area contributed by atoms with E-state index in [2.05, 4.69) is 0 Å². The van der Waals surface area contributed by atoms with Crippen LogP contribution in [-0.4, -0.2) is 5.11 Å². The number of rotatable bonds is 1. The second-order valence-electron chi connectivity index (χ2n) is 1.75. The molecule has 1 N–H and O–H groups in total. The van der Waals surface area contributed by atoms with Crippen molar-refractivity contribution in [3.05, 3.63) is 42.5 Å². The Hall–Kier alpha value is -1.33. The molecule has 1 aromatic carbocycles. The van der Waals surface area contributed by atoms with Crippen LogP contribution in [0, 0.1) is 6.58 Å². The van der Waals surface area contributed by atoms with Gasteiger partial charge < -0.3 is 5.11 Å². The van der Waals surface area contributed by atoms with Crippen molar-refractivity contribution in [1.82, 2.24) is 0 Å². The standard InChI is InChI=1S/C8H6O/c1-7(9)8-5-3-2-4-6-8/h1-6H/p+1. The fourth-order valence-electron chi connectivity index (χ4n) is 0.609. The Morgan fingerprint density at radius 1 is 1.22 bits per heavy atom. The number of aliphatic hydroxyl groups is 1. The minimum atomic E-state index is -0.129. The summed E-state index contributed by atoms with van der Waals surface area (Å²) in [5.74, 6) is -0.129. The van der Waals surface area contributed by atoms with Gasteiger partial charge in [0.05, 0.1) is 6.58 Å². The van der Waals surface area contributed by atoms with E-state index < -0.39 is 0 Å². The lowest BCUT2D eigenvalue weighted by atomic mass is 10.2. The molecule has 9 heavy (non-hydrogen) atoms. The molecule has 0 amide bonds. The molecular formula is C8H7O+. The molecule has 1 rings (SSSR count). The Morgan fingerprint density at radius 3 is 2.11 bits per heavy atom. The summed E-state index contributed by atoms with van der Waals surface area (Å²) < 4.78 is 0. The van der Waals surface area contributed by atoms with Crippen LogP contribution in [0.15, 0.2) is 30.3 Å². The summed E-state index contributed by atoms with van der Waals surface area (Å²) >= 11 is 0. The second kappa shape index (κ2) is 2.29. The van der Waals surface area contributed by atoms with Crippen molar-refractivity contribution in [2.45, 2.75) is 0 Å². The number of aliphatic hydroxyl groups excluding tert-OH is 1. The predicted octanol–water partition coefficient (Wildman–Crippen LogP) is 2.02. The molecule has 0 saturated heterocycles. The van der Waals surface area contributed by atoms with Crippen LogP contribution in [0.4, 0.5) is 0 Å². The van der Waals surface area contributed by atoms with Gasteiger partial charge in [0.15, 0.2) is 5.56 Å². The van der Waals surface area contributed by atoms with Crippen LogP contribution < -0.4 is 0 Å². The summed E-state index contributed by atoms with van der Waals surface area (Å²) in [6.45, 7) is 5.09. The summed E-state index contributed by atoms with van der Waals surface area (Å²) in [6.07, 6.45) is 0. The molecule has 1 heteroatoms. The van der Waals surface area contributed by atoms with E-state index in [0.717, 1.165) is 0 Å². The Kier molecular flexibility index (Phi) is 1.48. The average Bonchev–Trinajstić information content (AvgIpc) is 1.90. The van der Waals surface area contributed by atoms with Crippen LogP contribution in [0.3, 0.4) is 0 Å². The molecule has 44 valence electrons. The van der Waals surface area contributed by atoms with E-state index in [0.29, 0.717) is 5.56 Å². The lowest BCUT2D eigenvalue weighted by Crippen LogP contribution is -1.76. The van der Waals surface area contributed by atoms with E-state index >= 15 is 0 Å². The van der Waals surface area contributed by atoms with Crippen molar-refractivity contribution in [2.75, 3.05) is 0 Å². The van der Waals surface area contributed by atoms with E-state index in [4.69, 9.17) is 11.7 Å². The van der Waals surface area contributed by atoms with Gasteiger partial charge >= 0.3 is 5.76 Å². The molecule has 0 fully saturated rings. The summed E-state index contributed by atoms with van der Waals surface area (Å²) in [5, 5.41) is 8.72. The first-order valence-electron chi connectivity index (χ1n) is 2.67. The van der Waals surface area contributed by atoms with E-state index in [9.17, 15) is 0 Å². The maximum absolute atomic E-state index is 8.72. The Bertz CT molecular complexity index is 201. The second-order valence-corrected chi connectivity index (χ2v) is 1.75.